The van der Waals surface area contributed by atoms with Gasteiger partial charge in [-0.3, -0.25) is 9.89 Å². The lowest BCUT2D eigenvalue weighted by Crippen LogP contribution is -2.05. The first-order chi connectivity index (χ1) is 4.86. The van der Waals surface area contributed by atoms with E-state index < -0.39 is 7.91 Å². The number of hydrogen-bond acceptors (Lipinski definition) is 3. The summed E-state index contributed by atoms with van der Waals surface area (Å²) in [7, 11) is -3.12. The van der Waals surface area contributed by atoms with E-state index in [2.05, 4.69) is 17.6 Å². The largest absolute Gasteiger partial charge is 0.465 e. The molecule has 66 valence electrons. The van der Waals surface area contributed by atoms with Gasteiger partial charge in [0.1, 0.15) is 0 Å². The van der Waals surface area contributed by atoms with Crippen LogP contribution >= 0.6 is 20.5 Å². The van der Waals surface area contributed by atoms with Crippen LogP contribution in [0.2, 0.25) is 0 Å². The van der Waals surface area contributed by atoms with Crippen LogP contribution in [0.25, 0.3) is 0 Å². The summed E-state index contributed by atoms with van der Waals surface area (Å²) in [5, 5.41) is 0.356. The summed E-state index contributed by atoms with van der Waals surface area (Å²) in [5.74, 6) is 0. The fourth-order valence-corrected chi connectivity index (χ4v) is 0.495. The van der Waals surface area contributed by atoms with Crippen LogP contribution in [0, 0.1) is 0 Å². The fraction of sp³-hybridized carbons (Fsp3) is 0.750. The Labute approximate surface area is 71.0 Å². The van der Waals surface area contributed by atoms with E-state index in [1.165, 1.54) is 0 Å². The van der Waals surface area contributed by atoms with E-state index >= 15 is 0 Å². The van der Waals surface area contributed by atoms with Crippen molar-refractivity contribution < 1.29 is 14.0 Å². The van der Waals surface area contributed by atoms with Crippen molar-refractivity contribution in [3.63, 3.8) is 0 Å². The summed E-state index contributed by atoms with van der Waals surface area (Å²) in [6.07, 6.45) is 0. The van der Waals surface area contributed by atoms with E-state index in [4.69, 9.17) is 19.8 Å². The number of nitrogens with zero attached hydrogens (tertiary/aromatic N) is 1. The first-order valence-electron chi connectivity index (χ1n) is 2.71. The quantitative estimate of drug-likeness (QED) is 0.250. The normalized spacial score (nSPS) is 10.5. The monoisotopic (exact) mass is 198 g/mol. The molecule has 0 saturated heterocycles. The lowest BCUT2D eigenvalue weighted by atomic mass is 10.4. The number of rotatable bonds is 1. The summed E-state index contributed by atoms with van der Waals surface area (Å²) in [6, 6.07) is 0.262. The van der Waals surface area contributed by atoms with Crippen LogP contribution in [0.15, 0.2) is 4.99 Å². The van der Waals surface area contributed by atoms with Crippen LogP contribution in [0.5, 0.6) is 0 Å². The van der Waals surface area contributed by atoms with Gasteiger partial charge in [-0.2, -0.15) is 0 Å². The maximum atomic E-state index is 8.59. The second kappa shape index (κ2) is 7.78. The van der Waals surface area contributed by atoms with Gasteiger partial charge >= 0.3 is 7.91 Å². The van der Waals surface area contributed by atoms with E-state index in [0.717, 1.165) is 0 Å². The van der Waals surface area contributed by atoms with Crippen molar-refractivity contribution in [2.24, 2.45) is 10.7 Å². The van der Waals surface area contributed by atoms with E-state index in [-0.39, 0.29) is 6.04 Å². The Hall–Kier alpha value is -0.320. The Kier molecular flexibility index (Phi) is 9.40. The van der Waals surface area contributed by atoms with Crippen LogP contribution in [0.4, 0.5) is 0 Å². The van der Waals surface area contributed by atoms with Crippen LogP contribution < -0.4 is 5.73 Å². The third-order valence-corrected chi connectivity index (χ3v) is 0.506. The van der Waals surface area contributed by atoms with Crippen molar-refractivity contribution in [2.75, 3.05) is 0 Å². The van der Waals surface area contributed by atoms with Gasteiger partial charge in [0, 0.05) is 6.04 Å². The topological polar surface area (TPSA) is 92.8 Å². The lowest BCUT2D eigenvalue weighted by Gasteiger charge is -1.92. The van der Waals surface area contributed by atoms with Crippen LogP contribution in [0.3, 0.4) is 0 Å². The molecule has 0 aliphatic rings. The molecule has 0 spiro atoms. The van der Waals surface area contributed by atoms with Gasteiger partial charge in [-0.25, -0.2) is 9.13 Å². The Balaban J connectivity index is 0. The van der Waals surface area contributed by atoms with Crippen molar-refractivity contribution in [1.82, 2.24) is 0 Å². The van der Waals surface area contributed by atoms with Crippen molar-refractivity contribution in [3.8, 4) is 0 Å². The number of thiol groups is 1. The zero-order chi connectivity index (χ0) is 9.44. The smallest absolute Gasteiger partial charge is 0.379 e. The van der Waals surface area contributed by atoms with Gasteiger partial charge < -0.3 is 5.73 Å². The molecule has 0 heterocycles. The Morgan fingerprint density at radius 2 is 1.91 bits per heavy atom. The molecule has 0 saturated carbocycles. The van der Waals surface area contributed by atoms with Gasteiger partial charge in [0.2, 0.25) is 0 Å². The minimum Gasteiger partial charge on any atom is -0.379 e. The van der Waals surface area contributed by atoms with Crippen LogP contribution in [-0.2, 0) is 9.13 Å². The van der Waals surface area contributed by atoms with Gasteiger partial charge in [-0.15, -0.1) is 12.6 Å². The Morgan fingerprint density at radius 1 is 1.64 bits per heavy atom. The molecule has 0 aromatic heterocycles. The third kappa shape index (κ3) is 42.2. The number of aliphatic imine (C=N–C) groups is 1. The average Bonchev–Trinajstić information content (AvgIpc) is 1.56. The summed E-state index contributed by atoms with van der Waals surface area (Å²) in [5.41, 5.74) is 5.11. The molecular formula is C4H11N2O3PS. The molecule has 0 atom stereocenters. The second-order valence-corrected chi connectivity index (χ2v) is 2.75. The average molecular weight is 198 g/mol. The molecular weight excluding hydrogens is 187 g/mol. The molecule has 0 aromatic carbocycles. The predicted octanol–water partition coefficient (Wildman–Crippen LogP) is 0.706. The summed E-state index contributed by atoms with van der Waals surface area (Å²) < 4.78 is 17.2. The lowest BCUT2D eigenvalue weighted by molar-refractivity contribution is 0.434. The molecule has 7 heteroatoms. The zero-order valence-electron chi connectivity index (χ0n) is 6.26. The van der Waals surface area contributed by atoms with Crippen molar-refractivity contribution in [3.05, 3.63) is 0 Å². The maximum Gasteiger partial charge on any atom is 0.465 e. The Bertz CT molecular complexity index is 178. The number of hydrogen-bond donors (Lipinski definition) is 3. The molecule has 3 N–H and O–H groups in total. The van der Waals surface area contributed by atoms with Gasteiger partial charge in [0.15, 0.2) is 5.17 Å². The molecule has 0 bridgehead atoms. The highest BCUT2D eigenvalue weighted by Gasteiger charge is 1.84. The first-order valence-corrected chi connectivity index (χ1v) is 4.29. The van der Waals surface area contributed by atoms with E-state index in [9.17, 15) is 0 Å². The minimum absolute atomic E-state index is 0.262. The van der Waals surface area contributed by atoms with Gasteiger partial charge in [0.25, 0.3) is 0 Å². The second-order valence-electron chi connectivity index (χ2n) is 1.82. The summed E-state index contributed by atoms with van der Waals surface area (Å²) in [4.78, 5) is 10.8. The Morgan fingerprint density at radius 3 is 1.91 bits per heavy atom. The molecule has 0 rings (SSSR count). The fourth-order valence-electron chi connectivity index (χ4n) is 0.265. The summed E-state index contributed by atoms with van der Waals surface area (Å²) in [6.45, 7) is 3.90. The highest BCUT2D eigenvalue weighted by atomic mass is 32.1. The highest BCUT2D eigenvalue weighted by Crippen LogP contribution is 1.85. The van der Waals surface area contributed by atoms with E-state index in [1.54, 1.807) is 0 Å². The molecule has 0 aliphatic carbocycles. The van der Waals surface area contributed by atoms with E-state index in [1.807, 2.05) is 13.8 Å². The molecule has 0 fully saturated rings. The first kappa shape index (κ1) is 13.3. The highest BCUT2D eigenvalue weighted by molar-refractivity contribution is 7.96. The maximum absolute atomic E-state index is 8.59. The molecule has 0 unspecified atom stereocenters. The van der Waals surface area contributed by atoms with Crippen molar-refractivity contribution >= 4 is 25.7 Å². The summed E-state index contributed by atoms with van der Waals surface area (Å²) >= 11 is 3.77. The van der Waals surface area contributed by atoms with Gasteiger partial charge in [-0.1, -0.05) is 0 Å². The molecule has 5 nitrogen and oxygen atoms in total. The molecule has 0 radical (unpaired) electrons. The van der Waals surface area contributed by atoms with Crippen LogP contribution in [-0.4, -0.2) is 16.1 Å². The van der Waals surface area contributed by atoms with Crippen molar-refractivity contribution in [1.29, 1.82) is 0 Å². The standard InChI is InChI=1S/C4H10N2S.HO3P/c1-3(2)6-4(5)7;1-4(2)3/h3H,1-2H3,(H3,5,6,7);(H,1,2,3). The molecule has 0 aromatic rings. The third-order valence-electron chi connectivity index (χ3n) is 0.390. The number of amidine groups is 1. The van der Waals surface area contributed by atoms with Gasteiger partial charge in [0.05, 0.1) is 0 Å². The van der Waals surface area contributed by atoms with Crippen molar-refractivity contribution in [2.45, 2.75) is 19.9 Å². The zero-order valence-corrected chi connectivity index (χ0v) is 8.05. The molecule has 11 heavy (non-hydrogen) atoms. The van der Waals surface area contributed by atoms with Crippen LogP contribution in [0.1, 0.15) is 13.8 Å². The molecule has 0 aliphatic heterocycles. The van der Waals surface area contributed by atoms with E-state index in [0.29, 0.717) is 5.17 Å². The number of nitrogens with two attached hydrogens (primary N) is 1. The molecule has 0 amide bonds. The SMILES string of the molecule is CC(C)N=C(N)S.O=P(=O)O. The minimum atomic E-state index is -3.12. The predicted molar refractivity (Wildman–Crippen MR) is 46.3 cm³/mol. The van der Waals surface area contributed by atoms with Gasteiger partial charge in [-0.05, 0) is 13.8 Å².